The first-order valence-corrected chi connectivity index (χ1v) is 9.21. The Morgan fingerprint density at radius 3 is 2.76 bits per heavy atom. The van der Waals surface area contributed by atoms with Crippen LogP contribution in [0.4, 0.5) is 0 Å². The number of amides is 1. The fourth-order valence-electron chi connectivity index (χ4n) is 2.99. The van der Waals surface area contributed by atoms with Crippen molar-refractivity contribution < 1.29 is 9.90 Å². The number of aromatic nitrogens is 2. The largest absolute Gasteiger partial charge is 0.382 e. The van der Waals surface area contributed by atoms with Crippen LogP contribution in [0.2, 0.25) is 5.02 Å². The fourth-order valence-corrected chi connectivity index (χ4v) is 4.09. The van der Waals surface area contributed by atoms with Gasteiger partial charge in [0.25, 0.3) is 5.91 Å². The van der Waals surface area contributed by atoms with Gasteiger partial charge in [-0.05, 0) is 23.1 Å². The number of thiophene rings is 1. The van der Waals surface area contributed by atoms with E-state index in [-0.39, 0.29) is 5.91 Å². The van der Waals surface area contributed by atoms with Crippen LogP contribution in [0.15, 0.2) is 47.8 Å². The highest BCUT2D eigenvalue weighted by Crippen LogP contribution is 2.27. The van der Waals surface area contributed by atoms with E-state index in [0.29, 0.717) is 35.2 Å². The van der Waals surface area contributed by atoms with Crippen molar-refractivity contribution in [2.45, 2.75) is 19.2 Å². The lowest BCUT2D eigenvalue weighted by Crippen LogP contribution is -2.38. The second kappa shape index (κ2) is 6.63. The summed E-state index contributed by atoms with van der Waals surface area (Å²) in [6.45, 7) is 1.63. The van der Waals surface area contributed by atoms with Gasteiger partial charge in [0.05, 0.1) is 29.5 Å². The molecule has 0 bridgehead atoms. The van der Waals surface area contributed by atoms with E-state index in [0.717, 1.165) is 11.3 Å². The van der Waals surface area contributed by atoms with Crippen molar-refractivity contribution >= 4 is 28.8 Å². The lowest BCUT2D eigenvalue weighted by molar-refractivity contribution is 0.0711. The zero-order valence-corrected chi connectivity index (χ0v) is 14.9. The quantitative estimate of drug-likeness (QED) is 0.766. The topological polar surface area (TPSA) is 58.4 Å². The van der Waals surface area contributed by atoms with E-state index < -0.39 is 6.10 Å². The third-order valence-corrected chi connectivity index (χ3v) is 5.64. The number of aliphatic hydroxyl groups is 1. The number of rotatable bonds is 3. The first-order valence-electron chi connectivity index (χ1n) is 7.95. The van der Waals surface area contributed by atoms with Crippen LogP contribution >= 0.6 is 22.9 Å². The van der Waals surface area contributed by atoms with E-state index in [2.05, 4.69) is 5.10 Å². The predicted octanol–water partition coefficient (Wildman–Crippen LogP) is 3.34. The number of nitrogens with zero attached hydrogens (tertiary/aromatic N) is 3. The van der Waals surface area contributed by atoms with Gasteiger partial charge in [0, 0.05) is 6.54 Å². The van der Waals surface area contributed by atoms with Crippen LogP contribution in [0.1, 0.15) is 32.7 Å². The molecule has 7 heteroatoms. The number of hydrogen-bond donors (Lipinski definition) is 1. The molecule has 25 heavy (non-hydrogen) atoms. The molecule has 1 aliphatic rings. The first kappa shape index (κ1) is 16.3. The molecule has 5 nitrogen and oxygen atoms in total. The molecule has 0 saturated carbocycles. The Morgan fingerprint density at radius 2 is 2.04 bits per heavy atom. The molecule has 0 aliphatic carbocycles. The third-order valence-electron chi connectivity index (χ3n) is 4.31. The summed E-state index contributed by atoms with van der Waals surface area (Å²) in [5.74, 6) is -0.0578. The molecule has 2 aromatic heterocycles. The van der Waals surface area contributed by atoms with Gasteiger partial charge in [-0.3, -0.25) is 9.48 Å². The van der Waals surface area contributed by atoms with Crippen molar-refractivity contribution in [3.05, 3.63) is 74.7 Å². The van der Waals surface area contributed by atoms with Crippen LogP contribution in [0.5, 0.6) is 0 Å². The summed E-state index contributed by atoms with van der Waals surface area (Å²) in [6.07, 6.45) is -0.768. The Balaban J connectivity index is 1.55. The number of hydrogen-bond acceptors (Lipinski definition) is 4. The minimum atomic E-state index is -0.768. The lowest BCUT2D eigenvalue weighted by atomic mass is 10.1. The van der Waals surface area contributed by atoms with Gasteiger partial charge in [0.15, 0.2) is 0 Å². The van der Waals surface area contributed by atoms with Gasteiger partial charge in [-0.1, -0.05) is 41.9 Å². The zero-order chi connectivity index (χ0) is 17.4. The fraction of sp³-hybridized carbons (Fsp3) is 0.222. The molecular weight excluding hydrogens is 358 g/mol. The summed E-state index contributed by atoms with van der Waals surface area (Å²) in [4.78, 5) is 15.0. The molecule has 3 heterocycles. The molecule has 4 rings (SSSR count). The molecule has 0 saturated heterocycles. The highest BCUT2D eigenvalue weighted by atomic mass is 35.5. The summed E-state index contributed by atoms with van der Waals surface area (Å²) in [6, 6.07) is 13.0. The number of halogens is 1. The molecule has 0 spiro atoms. The number of carbonyl (C=O) groups is 1. The maximum absolute atomic E-state index is 12.6. The molecule has 1 N–H and O–H groups in total. The molecule has 1 aromatic carbocycles. The van der Waals surface area contributed by atoms with Gasteiger partial charge in [-0.15, -0.1) is 11.3 Å². The zero-order valence-electron chi connectivity index (χ0n) is 13.3. The number of aliphatic hydroxyl groups excluding tert-OH is 1. The molecule has 128 valence electrons. The van der Waals surface area contributed by atoms with Crippen molar-refractivity contribution in [3.8, 4) is 0 Å². The Morgan fingerprint density at radius 1 is 1.24 bits per heavy atom. The SMILES string of the molecule is O=C(c1sccc1Cl)N1CCn2nc(C(O)c3ccccc3)cc2C1. The summed E-state index contributed by atoms with van der Waals surface area (Å²) < 4.78 is 1.86. The van der Waals surface area contributed by atoms with Gasteiger partial charge in [0.1, 0.15) is 11.0 Å². The Labute approximate surface area is 154 Å². The van der Waals surface area contributed by atoms with Crippen molar-refractivity contribution in [2.75, 3.05) is 6.54 Å². The van der Waals surface area contributed by atoms with Crippen LogP contribution < -0.4 is 0 Å². The maximum atomic E-state index is 12.6. The van der Waals surface area contributed by atoms with Crippen LogP contribution in [0.25, 0.3) is 0 Å². The molecule has 1 atom stereocenters. The van der Waals surface area contributed by atoms with E-state index in [1.807, 2.05) is 46.5 Å². The minimum Gasteiger partial charge on any atom is -0.382 e. The highest BCUT2D eigenvalue weighted by molar-refractivity contribution is 7.12. The van der Waals surface area contributed by atoms with Gasteiger partial charge < -0.3 is 10.0 Å². The molecule has 1 amide bonds. The molecule has 0 radical (unpaired) electrons. The van der Waals surface area contributed by atoms with E-state index >= 15 is 0 Å². The first-order chi connectivity index (χ1) is 12.1. The number of benzene rings is 1. The normalized spacial score (nSPS) is 15.0. The smallest absolute Gasteiger partial charge is 0.265 e. The molecular formula is C18H16ClN3O2S. The van der Waals surface area contributed by atoms with Gasteiger partial charge in [-0.2, -0.15) is 5.10 Å². The highest BCUT2D eigenvalue weighted by Gasteiger charge is 2.26. The van der Waals surface area contributed by atoms with E-state index in [1.165, 1.54) is 11.3 Å². The van der Waals surface area contributed by atoms with Crippen LogP contribution in [-0.4, -0.2) is 32.2 Å². The maximum Gasteiger partial charge on any atom is 0.265 e. The van der Waals surface area contributed by atoms with Crippen LogP contribution in [0.3, 0.4) is 0 Å². The van der Waals surface area contributed by atoms with Crippen molar-refractivity contribution in [1.82, 2.24) is 14.7 Å². The van der Waals surface area contributed by atoms with E-state index in [1.54, 1.807) is 11.0 Å². The molecule has 1 unspecified atom stereocenters. The van der Waals surface area contributed by atoms with E-state index in [4.69, 9.17) is 11.6 Å². The Kier molecular flexibility index (Phi) is 4.33. The Bertz CT molecular complexity index is 906. The number of carbonyl (C=O) groups excluding carboxylic acids is 1. The van der Waals surface area contributed by atoms with Crippen LogP contribution in [0, 0.1) is 0 Å². The van der Waals surface area contributed by atoms with Crippen molar-refractivity contribution in [3.63, 3.8) is 0 Å². The third kappa shape index (κ3) is 3.08. The van der Waals surface area contributed by atoms with Gasteiger partial charge >= 0.3 is 0 Å². The minimum absolute atomic E-state index is 0.0578. The summed E-state index contributed by atoms with van der Waals surface area (Å²) in [5.41, 5.74) is 2.32. The standard InChI is InChI=1S/C18H16ClN3O2S/c19-14-6-9-25-17(14)18(24)21-7-8-22-13(11-21)10-15(20-22)16(23)12-4-2-1-3-5-12/h1-6,9-10,16,23H,7-8,11H2. The number of fused-ring (bicyclic) bond motifs is 1. The van der Waals surface area contributed by atoms with Gasteiger partial charge in [0.2, 0.25) is 0 Å². The second-order valence-corrected chi connectivity index (χ2v) is 7.24. The van der Waals surface area contributed by atoms with Gasteiger partial charge in [-0.25, -0.2) is 0 Å². The summed E-state index contributed by atoms with van der Waals surface area (Å²) >= 11 is 7.43. The average molecular weight is 374 g/mol. The summed E-state index contributed by atoms with van der Waals surface area (Å²) in [5, 5.41) is 17.3. The van der Waals surface area contributed by atoms with E-state index in [9.17, 15) is 9.90 Å². The van der Waals surface area contributed by atoms with Crippen molar-refractivity contribution in [1.29, 1.82) is 0 Å². The second-order valence-electron chi connectivity index (χ2n) is 5.92. The molecule has 1 aliphatic heterocycles. The molecule has 3 aromatic rings. The van der Waals surface area contributed by atoms with Crippen LogP contribution in [-0.2, 0) is 13.1 Å². The predicted molar refractivity (Wildman–Crippen MR) is 96.8 cm³/mol. The summed E-state index contributed by atoms with van der Waals surface area (Å²) in [7, 11) is 0. The average Bonchev–Trinajstić information content (AvgIpc) is 3.26. The monoisotopic (exact) mass is 373 g/mol. The molecule has 0 fully saturated rings. The Hall–Kier alpha value is -2.15. The lowest BCUT2D eigenvalue weighted by Gasteiger charge is -2.27. The van der Waals surface area contributed by atoms with Crippen molar-refractivity contribution in [2.24, 2.45) is 0 Å².